The van der Waals surface area contributed by atoms with Gasteiger partial charge in [0.25, 0.3) is 5.91 Å². The minimum atomic E-state index is -0.271. The van der Waals surface area contributed by atoms with Crippen LogP contribution in [0.2, 0.25) is 0 Å². The van der Waals surface area contributed by atoms with Crippen molar-refractivity contribution in [3.05, 3.63) is 23.8 Å². The Hall–Kier alpha value is -1.75. The van der Waals surface area contributed by atoms with Crippen LogP contribution in [0.1, 0.15) is 23.2 Å². The first kappa shape index (κ1) is 13.2. The van der Waals surface area contributed by atoms with Crippen molar-refractivity contribution in [3.63, 3.8) is 0 Å². The van der Waals surface area contributed by atoms with Gasteiger partial charge in [0.15, 0.2) is 0 Å². The van der Waals surface area contributed by atoms with Gasteiger partial charge in [-0.2, -0.15) is 0 Å². The van der Waals surface area contributed by atoms with E-state index in [1.807, 2.05) is 0 Å². The van der Waals surface area contributed by atoms with Gasteiger partial charge in [0.1, 0.15) is 11.3 Å². The second-order valence-corrected chi connectivity index (χ2v) is 5.70. The highest BCUT2D eigenvalue weighted by Gasteiger charge is 2.43. The zero-order valence-electron chi connectivity index (χ0n) is 11.6. The van der Waals surface area contributed by atoms with Crippen LogP contribution < -0.4 is 10.5 Å². The standard InChI is InChI=1S/C15H20N2O3/c1-20-13-4-2-3-11(16)14(13)15(19)17-7-9-5-6-12(18)10(9)8-17/h2-4,9-10,12,18H,5-8,16H2,1H3. The van der Waals surface area contributed by atoms with E-state index < -0.39 is 0 Å². The van der Waals surface area contributed by atoms with E-state index in [1.54, 1.807) is 23.1 Å². The SMILES string of the molecule is COc1cccc(N)c1C(=O)N1CC2CCC(O)C2C1. The van der Waals surface area contributed by atoms with Crippen LogP contribution in [-0.2, 0) is 0 Å². The molecule has 2 fully saturated rings. The number of carbonyl (C=O) groups excluding carboxylic acids is 1. The predicted octanol–water partition coefficient (Wildman–Crippen LogP) is 1.12. The molecule has 1 heterocycles. The van der Waals surface area contributed by atoms with Gasteiger partial charge in [0.05, 0.1) is 13.2 Å². The number of rotatable bonds is 2. The molecule has 1 aliphatic carbocycles. The van der Waals surface area contributed by atoms with Crippen molar-refractivity contribution in [2.24, 2.45) is 11.8 Å². The van der Waals surface area contributed by atoms with Crippen molar-refractivity contribution >= 4 is 11.6 Å². The molecule has 1 amide bonds. The van der Waals surface area contributed by atoms with Crippen LogP contribution >= 0.6 is 0 Å². The number of methoxy groups -OCH3 is 1. The van der Waals surface area contributed by atoms with E-state index in [4.69, 9.17) is 10.5 Å². The molecule has 1 aliphatic heterocycles. The summed E-state index contributed by atoms with van der Waals surface area (Å²) in [5.41, 5.74) is 6.80. The van der Waals surface area contributed by atoms with Crippen molar-refractivity contribution in [1.82, 2.24) is 4.90 Å². The lowest BCUT2D eigenvalue weighted by atomic mass is 10.00. The topological polar surface area (TPSA) is 75.8 Å². The highest BCUT2D eigenvalue weighted by molar-refractivity contribution is 6.02. The summed E-state index contributed by atoms with van der Waals surface area (Å²) in [7, 11) is 1.54. The highest BCUT2D eigenvalue weighted by Crippen LogP contribution is 2.39. The number of fused-ring (bicyclic) bond motifs is 1. The molecule has 1 saturated carbocycles. The minimum absolute atomic E-state index is 0.0958. The molecule has 5 heteroatoms. The lowest BCUT2D eigenvalue weighted by molar-refractivity contribution is 0.0750. The molecule has 20 heavy (non-hydrogen) atoms. The van der Waals surface area contributed by atoms with Crippen LogP contribution in [0.4, 0.5) is 5.69 Å². The van der Waals surface area contributed by atoms with Crippen LogP contribution in [-0.4, -0.2) is 42.2 Å². The minimum Gasteiger partial charge on any atom is -0.496 e. The lowest BCUT2D eigenvalue weighted by Crippen LogP contribution is -2.31. The Kier molecular flexibility index (Phi) is 3.30. The van der Waals surface area contributed by atoms with E-state index in [0.717, 1.165) is 12.8 Å². The van der Waals surface area contributed by atoms with Gasteiger partial charge < -0.3 is 20.5 Å². The summed E-state index contributed by atoms with van der Waals surface area (Å²) in [5.74, 6) is 1.05. The number of nitrogen functional groups attached to an aromatic ring is 1. The fraction of sp³-hybridized carbons (Fsp3) is 0.533. The summed E-state index contributed by atoms with van der Waals surface area (Å²) < 4.78 is 5.25. The van der Waals surface area contributed by atoms with E-state index in [0.29, 0.717) is 36.0 Å². The summed E-state index contributed by atoms with van der Waals surface area (Å²) in [5, 5.41) is 9.94. The molecule has 0 radical (unpaired) electrons. The molecule has 5 nitrogen and oxygen atoms in total. The van der Waals surface area contributed by atoms with Gasteiger partial charge in [-0.3, -0.25) is 4.79 Å². The maximum absolute atomic E-state index is 12.7. The first-order valence-corrected chi connectivity index (χ1v) is 7.01. The van der Waals surface area contributed by atoms with Crippen molar-refractivity contribution < 1.29 is 14.6 Å². The van der Waals surface area contributed by atoms with Crippen LogP contribution in [0.15, 0.2) is 18.2 Å². The van der Waals surface area contributed by atoms with E-state index >= 15 is 0 Å². The summed E-state index contributed by atoms with van der Waals surface area (Å²) in [6.45, 7) is 1.32. The third-order valence-electron chi connectivity index (χ3n) is 4.60. The Morgan fingerprint density at radius 2 is 2.20 bits per heavy atom. The lowest BCUT2D eigenvalue weighted by Gasteiger charge is -2.20. The van der Waals surface area contributed by atoms with Gasteiger partial charge in [-0.15, -0.1) is 0 Å². The van der Waals surface area contributed by atoms with E-state index in [9.17, 15) is 9.90 Å². The average molecular weight is 276 g/mol. The number of nitrogens with two attached hydrogens (primary N) is 1. The number of likely N-dealkylation sites (tertiary alicyclic amines) is 1. The Morgan fingerprint density at radius 1 is 1.40 bits per heavy atom. The third kappa shape index (κ3) is 2.02. The number of aliphatic hydroxyl groups is 1. The smallest absolute Gasteiger partial charge is 0.259 e. The number of carbonyl (C=O) groups is 1. The number of nitrogens with zero attached hydrogens (tertiary/aromatic N) is 1. The molecule has 3 unspecified atom stereocenters. The van der Waals surface area contributed by atoms with E-state index in [-0.39, 0.29) is 17.9 Å². The summed E-state index contributed by atoms with van der Waals surface area (Å²) in [6, 6.07) is 5.23. The molecule has 2 aliphatic rings. The predicted molar refractivity (Wildman–Crippen MR) is 75.5 cm³/mol. The average Bonchev–Trinajstić information content (AvgIpc) is 3.00. The second kappa shape index (κ2) is 4.98. The largest absolute Gasteiger partial charge is 0.496 e. The van der Waals surface area contributed by atoms with Crippen molar-refractivity contribution in [1.29, 1.82) is 0 Å². The van der Waals surface area contributed by atoms with Crippen molar-refractivity contribution in [2.75, 3.05) is 25.9 Å². The Morgan fingerprint density at radius 3 is 2.90 bits per heavy atom. The number of ether oxygens (including phenoxy) is 1. The highest BCUT2D eigenvalue weighted by atomic mass is 16.5. The van der Waals surface area contributed by atoms with Crippen LogP contribution in [0.5, 0.6) is 5.75 Å². The van der Waals surface area contributed by atoms with Crippen LogP contribution in [0.25, 0.3) is 0 Å². The van der Waals surface area contributed by atoms with Gasteiger partial charge in [0.2, 0.25) is 0 Å². The maximum Gasteiger partial charge on any atom is 0.259 e. The first-order valence-electron chi connectivity index (χ1n) is 7.01. The molecule has 0 spiro atoms. The molecule has 3 N–H and O–H groups in total. The van der Waals surface area contributed by atoms with Gasteiger partial charge in [-0.25, -0.2) is 0 Å². The van der Waals surface area contributed by atoms with E-state index in [2.05, 4.69) is 0 Å². The molecule has 0 bridgehead atoms. The van der Waals surface area contributed by atoms with Gasteiger partial charge >= 0.3 is 0 Å². The first-order chi connectivity index (χ1) is 9.61. The molecule has 0 aromatic heterocycles. The van der Waals surface area contributed by atoms with Crippen LogP contribution in [0.3, 0.4) is 0 Å². The number of hydrogen-bond donors (Lipinski definition) is 2. The quantitative estimate of drug-likeness (QED) is 0.794. The van der Waals surface area contributed by atoms with Crippen LogP contribution in [0, 0.1) is 11.8 Å². The zero-order chi connectivity index (χ0) is 14.3. The number of anilines is 1. The summed E-state index contributed by atoms with van der Waals surface area (Å²) >= 11 is 0. The Balaban J connectivity index is 1.84. The molecule has 3 atom stereocenters. The summed E-state index contributed by atoms with van der Waals surface area (Å²) in [6.07, 6.45) is 1.58. The van der Waals surface area contributed by atoms with Crippen molar-refractivity contribution in [2.45, 2.75) is 18.9 Å². The Bertz CT molecular complexity index is 532. The van der Waals surface area contributed by atoms with Gasteiger partial charge in [-0.1, -0.05) is 6.07 Å². The molecule has 108 valence electrons. The zero-order valence-corrected chi connectivity index (χ0v) is 11.6. The number of amides is 1. The number of benzene rings is 1. The molecule has 1 aromatic carbocycles. The van der Waals surface area contributed by atoms with E-state index in [1.165, 1.54) is 7.11 Å². The maximum atomic E-state index is 12.7. The molecular formula is C15H20N2O3. The monoisotopic (exact) mass is 276 g/mol. The summed E-state index contributed by atoms with van der Waals surface area (Å²) in [4.78, 5) is 14.5. The normalized spacial score (nSPS) is 28.5. The fourth-order valence-corrected chi connectivity index (χ4v) is 3.51. The number of hydrogen-bond acceptors (Lipinski definition) is 4. The fourth-order valence-electron chi connectivity index (χ4n) is 3.51. The Labute approximate surface area is 118 Å². The second-order valence-electron chi connectivity index (χ2n) is 5.70. The molecule has 1 saturated heterocycles. The van der Waals surface area contributed by atoms with Gasteiger partial charge in [0, 0.05) is 24.7 Å². The number of aliphatic hydroxyl groups excluding tert-OH is 1. The molecule has 3 rings (SSSR count). The molecule has 1 aromatic rings. The van der Waals surface area contributed by atoms with Crippen molar-refractivity contribution in [3.8, 4) is 5.75 Å². The third-order valence-corrected chi connectivity index (χ3v) is 4.60. The van der Waals surface area contributed by atoms with Gasteiger partial charge in [-0.05, 0) is 30.9 Å². The molecular weight excluding hydrogens is 256 g/mol.